The van der Waals surface area contributed by atoms with Gasteiger partial charge in [0.25, 0.3) is 0 Å². The van der Waals surface area contributed by atoms with E-state index in [0.29, 0.717) is 30.8 Å². The van der Waals surface area contributed by atoms with Crippen molar-refractivity contribution in [2.24, 2.45) is 5.92 Å². The third-order valence-electron chi connectivity index (χ3n) is 6.12. The van der Waals surface area contributed by atoms with Crippen molar-refractivity contribution in [2.75, 3.05) is 27.3 Å². The lowest BCUT2D eigenvalue weighted by atomic mass is 9.90. The topological polar surface area (TPSA) is 90.9 Å². The minimum Gasteiger partial charge on any atom is -0.496 e. The zero-order chi connectivity index (χ0) is 27.5. The molecule has 1 aliphatic rings. The summed E-state index contributed by atoms with van der Waals surface area (Å²) in [4.78, 5) is 27.0. The number of carbonyl (C=O) groups excluding carboxylic acids is 2. The molecule has 0 bridgehead atoms. The fraction of sp³-hybridized carbons (Fsp3) is 0.538. The SMILES string of the molecule is COC(=O)c1c(C[C@@H]2CCCN(C(=O)OC(C)(C)C)C2)nnc(-c2ccc(C(F)(F)F)cc2OC)c1C. The maximum Gasteiger partial charge on any atom is 0.416 e. The van der Waals surface area contributed by atoms with E-state index in [-0.39, 0.29) is 28.5 Å². The fourth-order valence-electron chi connectivity index (χ4n) is 4.40. The van der Waals surface area contributed by atoms with E-state index in [9.17, 15) is 22.8 Å². The van der Waals surface area contributed by atoms with Crippen LogP contribution < -0.4 is 4.74 Å². The van der Waals surface area contributed by atoms with Crippen molar-refractivity contribution < 1.29 is 37.0 Å². The number of esters is 1. The smallest absolute Gasteiger partial charge is 0.416 e. The average Bonchev–Trinajstić information content (AvgIpc) is 2.82. The molecule has 0 unspecified atom stereocenters. The molecule has 1 saturated heterocycles. The molecule has 8 nitrogen and oxygen atoms in total. The Labute approximate surface area is 214 Å². The summed E-state index contributed by atoms with van der Waals surface area (Å²) in [7, 11) is 2.51. The van der Waals surface area contributed by atoms with Gasteiger partial charge in [0.05, 0.1) is 31.0 Å². The molecular weight excluding hydrogens is 491 g/mol. The molecule has 0 radical (unpaired) electrons. The van der Waals surface area contributed by atoms with Crippen LogP contribution in [0.5, 0.6) is 5.75 Å². The Balaban J connectivity index is 1.95. The van der Waals surface area contributed by atoms with Crippen LogP contribution in [0.4, 0.5) is 18.0 Å². The van der Waals surface area contributed by atoms with Gasteiger partial charge in [-0.2, -0.15) is 18.3 Å². The first-order valence-electron chi connectivity index (χ1n) is 11.9. The molecule has 0 spiro atoms. The first-order chi connectivity index (χ1) is 17.2. The van der Waals surface area contributed by atoms with Crippen LogP contribution in [0.3, 0.4) is 0 Å². The minimum absolute atomic E-state index is 0.00447. The quantitative estimate of drug-likeness (QED) is 0.481. The van der Waals surface area contributed by atoms with Crippen LogP contribution in [-0.4, -0.2) is 60.1 Å². The second-order valence-corrected chi connectivity index (χ2v) is 10.0. The zero-order valence-corrected chi connectivity index (χ0v) is 21.9. The van der Waals surface area contributed by atoms with Crippen molar-refractivity contribution in [3.8, 4) is 17.0 Å². The molecular formula is C26H32F3N3O5. The van der Waals surface area contributed by atoms with E-state index < -0.39 is 29.4 Å². The number of amides is 1. The Morgan fingerprint density at radius 3 is 2.43 bits per heavy atom. The molecule has 0 saturated carbocycles. The molecule has 3 rings (SSSR count). The van der Waals surface area contributed by atoms with Crippen molar-refractivity contribution in [3.63, 3.8) is 0 Å². The molecule has 1 amide bonds. The van der Waals surface area contributed by atoms with E-state index in [1.165, 1.54) is 20.3 Å². The highest BCUT2D eigenvalue weighted by molar-refractivity contribution is 5.94. The largest absolute Gasteiger partial charge is 0.496 e. The van der Waals surface area contributed by atoms with Crippen LogP contribution >= 0.6 is 0 Å². The number of hydrogen-bond acceptors (Lipinski definition) is 7. The van der Waals surface area contributed by atoms with Gasteiger partial charge >= 0.3 is 18.2 Å². The first-order valence-corrected chi connectivity index (χ1v) is 11.9. The van der Waals surface area contributed by atoms with Crippen LogP contribution in [0, 0.1) is 12.8 Å². The number of nitrogens with zero attached hydrogens (tertiary/aromatic N) is 3. The second-order valence-electron chi connectivity index (χ2n) is 10.0. The van der Waals surface area contributed by atoms with Crippen LogP contribution in [0.25, 0.3) is 11.3 Å². The number of piperidine rings is 1. The number of likely N-dealkylation sites (tertiary alicyclic amines) is 1. The number of aromatic nitrogens is 2. The van der Waals surface area contributed by atoms with E-state index in [1.807, 2.05) is 0 Å². The summed E-state index contributed by atoms with van der Waals surface area (Å²) >= 11 is 0. The monoisotopic (exact) mass is 523 g/mol. The lowest BCUT2D eigenvalue weighted by molar-refractivity contribution is -0.137. The zero-order valence-electron chi connectivity index (χ0n) is 21.9. The highest BCUT2D eigenvalue weighted by Gasteiger charge is 2.33. The standard InChI is InChI=1S/C26H32F3N3O5/c1-15-21(23(33)36-6)19(12-16-8-7-11-32(14-16)24(34)37-25(2,3)4)30-31-22(15)18-10-9-17(26(27,28)29)13-20(18)35-5/h9-10,13,16H,7-8,11-12,14H2,1-6H3/t16-/m0/s1. The number of ether oxygens (including phenoxy) is 3. The van der Waals surface area contributed by atoms with Gasteiger partial charge in [-0.15, -0.1) is 5.10 Å². The Bertz CT molecular complexity index is 1160. The van der Waals surface area contributed by atoms with Gasteiger partial charge in [-0.05, 0) is 76.6 Å². The predicted octanol–water partition coefficient (Wildman–Crippen LogP) is 5.46. The van der Waals surface area contributed by atoms with Gasteiger partial charge in [-0.3, -0.25) is 0 Å². The molecule has 0 N–H and O–H groups in total. The lowest BCUT2D eigenvalue weighted by Crippen LogP contribution is -2.43. The van der Waals surface area contributed by atoms with Gasteiger partial charge in [-0.1, -0.05) is 0 Å². The van der Waals surface area contributed by atoms with Crippen molar-refractivity contribution in [1.82, 2.24) is 15.1 Å². The van der Waals surface area contributed by atoms with E-state index >= 15 is 0 Å². The highest BCUT2D eigenvalue weighted by atomic mass is 19.4. The van der Waals surface area contributed by atoms with E-state index in [1.54, 1.807) is 32.6 Å². The van der Waals surface area contributed by atoms with Crippen molar-refractivity contribution >= 4 is 12.1 Å². The maximum absolute atomic E-state index is 13.2. The molecule has 2 aromatic rings. The highest BCUT2D eigenvalue weighted by Crippen LogP contribution is 2.38. The summed E-state index contributed by atoms with van der Waals surface area (Å²) in [5.74, 6) is -0.671. The fourth-order valence-corrected chi connectivity index (χ4v) is 4.40. The van der Waals surface area contributed by atoms with E-state index in [4.69, 9.17) is 14.2 Å². The van der Waals surface area contributed by atoms with Crippen LogP contribution in [0.2, 0.25) is 0 Å². The number of alkyl halides is 3. The van der Waals surface area contributed by atoms with Gasteiger partial charge in [0.2, 0.25) is 0 Å². The summed E-state index contributed by atoms with van der Waals surface area (Å²) < 4.78 is 55.3. The molecule has 1 aromatic heterocycles. The Morgan fingerprint density at radius 2 is 1.84 bits per heavy atom. The van der Waals surface area contributed by atoms with Gasteiger partial charge in [0, 0.05) is 18.7 Å². The normalized spacial score (nSPS) is 16.4. The molecule has 1 atom stereocenters. The van der Waals surface area contributed by atoms with Gasteiger partial charge in [-0.25, -0.2) is 9.59 Å². The molecule has 1 fully saturated rings. The third kappa shape index (κ3) is 6.69. The molecule has 1 aromatic carbocycles. The van der Waals surface area contributed by atoms with Crippen molar-refractivity contribution in [1.29, 1.82) is 0 Å². The summed E-state index contributed by atoms with van der Waals surface area (Å²) in [5.41, 5.74) is 0.0171. The summed E-state index contributed by atoms with van der Waals surface area (Å²) in [5, 5.41) is 8.56. The Morgan fingerprint density at radius 1 is 1.14 bits per heavy atom. The summed E-state index contributed by atoms with van der Waals surface area (Å²) in [6.07, 6.45) is -2.99. The van der Waals surface area contributed by atoms with Crippen LogP contribution in [0.1, 0.15) is 60.8 Å². The van der Waals surface area contributed by atoms with E-state index in [2.05, 4.69) is 10.2 Å². The predicted molar refractivity (Wildman–Crippen MR) is 129 cm³/mol. The van der Waals surface area contributed by atoms with Gasteiger partial charge < -0.3 is 19.1 Å². The van der Waals surface area contributed by atoms with Crippen LogP contribution in [-0.2, 0) is 22.1 Å². The summed E-state index contributed by atoms with van der Waals surface area (Å²) in [6.45, 7) is 8.07. The van der Waals surface area contributed by atoms with Crippen LogP contribution in [0.15, 0.2) is 18.2 Å². The number of hydrogen-bond donors (Lipinski definition) is 0. The lowest BCUT2D eigenvalue weighted by Gasteiger charge is -2.34. The molecule has 1 aliphatic heterocycles. The number of rotatable bonds is 5. The molecule has 2 heterocycles. The Kier molecular flexibility index (Phi) is 8.34. The molecule has 202 valence electrons. The third-order valence-corrected chi connectivity index (χ3v) is 6.12. The number of benzene rings is 1. The maximum atomic E-state index is 13.2. The first kappa shape index (κ1) is 28.2. The van der Waals surface area contributed by atoms with Crippen molar-refractivity contribution in [2.45, 2.75) is 58.7 Å². The average molecular weight is 524 g/mol. The molecule has 0 aliphatic carbocycles. The minimum atomic E-state index is -4.54. The second kappa shape index (κ2) is 10.9. The molecule has 11 heteroatoms. The van der Waals surface area contributed by atoms with Gasteiger partial charge in [0.1, 0.15) is 17.0 Å². The summed E-state index contributed by atoms with van der Waals surface area (Å²) in [6, 6.07) is 3.06. The van der Waals surface area contributed by atoms with Crippen molar-refractivity contribution in [3.05, 3.63) is 40.6 Å². The Hall–Kier alpha value is -3.37. The number of carbonyl (C=O) groups is 2. The number of methoxy groups -OCH3 is 2. The molecule has 37 heavy (non-hydrogen) atoms. The van der Waals surface area contributed by atoms with Gasteiger partial charge in [0.15, 0.2) is 0 Å². The number of halogens is 3. The van der Waals surface area contributed by atoms with E-state index in [0.717, 1.165) is 25.0 Å².